The van der Waals surface area contributed by atoms with Crippen LogP contribution in [-0.2, 0) is 10.0 Å². The lowest BCUT2D eigenvalue weighted by Crippen LogP contribution is -2.23. The maximum Gasteiger partial charge on any atom is 0.264 e. The van der Waals surface area contributed by atoms with Crippen LogP contribution in [0.15, 0.2) is 93.5 Å². The van der Waals surface area contributed by atoms with Gasteiger partial charge in [0.15, 0.2) is 5.11 Å². The van der Waals surface area contributed by atoms with Gasteiger partial charge < -0.3 is 9.73 Å². The molecule has 4 rings (SSSR count). The monoisotopic (exact) mass is 492 g/mol. The molecular formula is C23H20N6O3S2. The van der Waals surface area contributed by atoms with Crippen LogP contribution in [0.25, 0.3) is 11.3 Å². The van der Waals surface area contributed by atoms with Crippen LogP contribution >= 0.6 is 12.2 Å². The Kier molecular flexibility index (Phi) is 6.95. The molecule has 0 amide bonds. The van der Waals surface area contributed by atoms with Gasteiger partial charge in [-0.25, -0.2) is 23.1 Å². The van der Waals surface area contributed by atoms with Crippen molar-refractivity contribution in [1.29, 1.82) is 0 Å². The number of furan rings is 1. The van der Waals surface area contributed by atoms with Gasteiger partial charge in [0, 0.05) is 23.6 Å². The molecule has 0 saturated carbocycles. The molecule has 0 fully saturated rings. The van der Waals surface area contributed by atoms with Crippen molar-refractivity contribution in [2.24, 2.45) is 5.10 Å². The topological polar surface area (TPSA) is 122 Å². The van der Waals surface area contributed by atoms with E-state index in [1.165, 1.54) is 30.7 Å². The first-order chi connectivity index (χ1) is 16.4. The molecule has 0 unspecified atom stereocenters. The molecule has 4 aromatic rings. The zero-order valence-electron chi connectivity index (χ0n) is 18.0. The van der Waals surface area contributed by atoms with Gasteiger partial charge in [0.25, 0.3) is 10.0 Å². The number of nitrogens with one attached hydrogen (secondary N) is 3. The number of thiocarbonyl (C=S) groups is 1. The molecule has 3 N–H and O–H groups in total. The Balaban J connectivity index is 1.36. The van der Waals surface area contributed by atoms with Gasteiger partial charge in [-0.2, -0.15) is 5.10 Å². The highest BCUT2D eigenvalue weighted by Gasteiger charge is 2.16. The number of sulfonamides is 1. The van der Waals surface area contributed by atoms with Crippen molar-refractivity contribution >= 4 is 45.2 Å². The van der Waals surface area contributed by atoms with Crippen LogP contribution in [0.4, 0.5) is 11.6 Å². The number of hydrazone groups is 1. The zero-order valence-corrected chi connectivity index (χ0v) is 19.6. The number of hydrogen-bond acceptors (Lipinski definition) is 7. The number of anilines is 2. The third-order valence-corrected chi connectivity index (χ3v) is 6.07. The average Bonchev–Trinajstić information content (AvgIpc) is 3.30. The smallest absolute Gasteiger partial charge is 0.264 e. The summed E-state index contributed by atoms with van der Waals surface area (Å²) in [5.74, 6) is 1.06. The Morgan fingerprint density at radius 3 is 2.41 bits per heavy atom. The van der Waals surface area contributed by atoms with Crippen LogP contribution in [0, 0.1) is 6.92 Å². The highest BCUT2D eigenvalue weighted by atomic mass is 32.2. The number of aryl methyl sites for hydroxylation is 1. The molecule has 9 nitrogen and oxygen atoms in total. The third-order valence-electron chi connectivity index (χ3n) is 4.53. The minimum absolute atomic E-state index is 0.00342. The first-order valence-electron chi connectivity index (χ1n) is 10.1. The summed E-state index contributed by atoms with van der Waals surface area (Å²) in [7, 11) is -3.81. The van der Waals surface area contributed by atoms with Crippen molar-refractivity contribution in [2.45, 2.75) is 11.8 Å². The Bertz CT molecular complexity index is 1400. The Labute approximate surface area is 202 Å². The van der Waals surface area contributed by atoms with E-state index in [9.17, 15) is 8.42 Å². The molecule has 2 aromatic heterocycles. The average molecular weight is 493 g/mol. The summed E-state index contributed by atoms with van der Waals surface area (Å²) in [4.78, 5) is 7.82. The molecule has 34 heavy (non-hydrogen) atoms. The number of benzene rings is 2. The summed E-state index contributed by atoms with van der Waals surface area (Å²) in [5, 5.41) is 7.46. The molecule has 0 bridgehead atoms. The molecule has 11 heteroatoms. The quantitative estimate of drug-likeness (QED) is 0.200. The van der Waals surface area contributed by atoms with E-state index in [1.54, 1.807) is 30.3 Å². The van der Waals surface area contributed by atoms with Crippen LogP contribution < -0.4 is 15.5 Å². The first kappa shape index (κ1) is 23.1. The van der Waals surface area contributed by atoms with Crippen molar-refractivity contribution in [1.82, 2.24) is 15.4 Å². The lowest BCUT2D eigenvalue weighted by Gasteiger charge is -2.07. The minimum atomic E-state index is -3.81. The van der Waals surface area contributed by atoms with Gasteiger partial charge in [-0.15, -0.1) is 0 Å². The molecule has 2 heterocycles. The molecule has 0 radical (unpaired) electrons. The van der Waals surface area contributed by atoms with E-state index in [4.69, 9.17) is 16.6 Å². The normalized spacial score (nSPS) is 11.3. The van der Waals surface area contributed by atoms with E-state index in [0.717, 1.165) is 11.3 Å². The standard InChI is InChI=1S/C23H20N6O3S2/c1-16-3-7-18(8-4-16)27-23(33)28-26-15-19-9-12-21(32-19)17-5-10-20(11-6-17)34(30,31)29-22-24-13-2-14-25-22/h2-15H,1H3,(H,24,25,29)(H2,27,28,33)/b26-15-. The van der Waals surface area contributed by atoms with Crippen LogP contribution in [0.2, 0.25) is 0 Å². The number of aromatic nitrogens is 2. The zero-order chi connectivity index (χ0) is 24.0. The molecule has 2 aromatic carbocycles. The third kappa shape index (κ3) is 6.03. The predicted molar refractivity (Wildman–Crippen MR) is 135 cm³/mol. The maximum atomic E-state index is 12.5. The van der Waals surface area contributed by atoms with Gasteiger partial charge in [-0.1, -0.05) is 17.7 Å². The molecule has 0 atom stereocenters. The lowest BCUT2D eigenvalue weighted by molar-refractivity contribution is 0.574. The minimum Gasteiger partial charge on any atom is -0.455 e. The second-order valence-corrected chi connectivity index (χ2v) is 9.19. The molecule has 0 spiro atoms. The van der Waals surface area contributed by atoms with Gasteiger partial charge in [-0.05, 0) is 73.7 Å². The summed E-state index contributed by atoms with van der Waals surface area (Å²) in [6, 6.07) is 19.2. The van der Waals surface area contributed by atoms with Crippen LogP contribution in [0.1, 0.15) is 11.3 Å². The van der Waals surface area contributed by atoms with Crippen molar-refractivity contribution in [3.8, 4) is 11.3 Å². The molecule has 0 aliphatic heterocycles. The fourth-order valence-electron chi connectivity index (χ4n) is 2.86. The molecule has 0 aliphatic rings. The fourth-order valence-corrected chi connectivity index (χ4v) is 3.99. The van der Waals surface area contributed by atoms with Gasteiger partial charge in [-0.3, -0.25) is 5.43 Å². The van der Waals surface area contributed by atoms with E-state index in [0.29, 0.717) is 22.2 Å². The summed E-state index contributed by atoms with van der Waals surface area (Å²) in [6.45, 7) is 2.01. The van der Waals surface area contributed by atoms with E-state index in [-0.39, 0.29) is 10.8 Å². The highest BCUT2D eigenvalue weighted by molar-refractivity contribution is 7.92. The van der Waals surface area contributed by atoms with Crippen molar-refractivity contribution in [2.75, 3.05) is 10.0 Å². The Morgan fingerprint density at radius 2 is 1.71 bits per heavy atom. The van der Waals surface area contributed by atoms with Gasteiger partial charge >= 0.3 is 0 Å². The van der Waals surface area contributed by atoms with E-state index in [2.05, 4.69) is 30.5 Å². The van der Waals surface area contributed by atoms with Crippen molar-refractivity contribution in [3.05, 3.63) is 90.4 Å². The summed E-state index contributed by atoms with van der Waals surface area (Å²) in [6.07, 6.45) is 4.40. The molecule has 0 aliphatic carbocycles. The Hall–Kier alpha value is -4.09. The second-order valence-electron chi connectivity index (χ2n) is 7.09. The van der Waals surface area contributed by atoms with Gasteiger partial charge in [0.1, 0.15) is 11.5 Å². The van der Waals surface area contributed by atoms with E-state index >= 15 is 0 Å². The second kappa shape index (κ2) is 10.2. The number of nitrogens with zero attached hydrogens (tertiary/aromatic N) is 3. The Morgan fingerprint density at radius 1 is 1.00 bits per heavy atom. The lowest BCUT2D eigenvalue weighted by atomic mass is 10.2. The van der Waals surface area contributed by atoms with Crippen LogP contribution in [-0.4, -0.2) is 29.7 Å². The molecule has 172 valence electrons. The van der Waals surface area contributed by atoms with Crippen molar-refractivity contribution < 1.29 is 12.8 Å². The number of rotatable bonds is 7. The predicted octanol–water partition coefficient (Wildman–Crippen LogP) is 4.17. The van der Waals surface area contributed by atoms with Crippen LogP contribution in [0.3, 0.4) is 0 Å². The molecular weight excluding hydrogens is 472 g/mol. The molecule has 0 saturated heterocycles. The van der Waals surface area contributed by atoms with Crippen LogP contribution in [0.5, 0.6) is 0 Å². The van der Waals surface area contributed by atoms with Gasteiger partial charge in [0.2, 0.25) is 5.95 Å². The largest absolute Gasteiger partial charge is 0.455 e. The fraction of sp³-hybridized carbons (Fsp3) is 0.0435. The summed E-state index contributed by atoms with van der Waals surface area (Å²) < 4.78 is 33.1. The van der Waals surface area contributed by atoms with Gasteiger partial charge in [0.05, 0.1) is 11.1 Å². The highest BCUT2D eigenvalue weighted by Crippen LogP contribution is 2.24. The van der Waals surface area contributed by atoms with Crippen molar-refractivity contribution in [3.63, 3.8) is 0 Å². The number of hydrogen-bond donors (Lipinski definition) is 3. The summed E-state index contributed by atoms with van der Waals surface area (Å²) in [5.41, 5.74) is 5.46. The maximum absolute atomic E-state index is 12.5. The van der Waals surface area contributed by atoms with E-state index in [1.807, 2.05) is 31.2 Å². The van der Waals surface area contributed by atoms with E-state index < -0.39 is 10.0 Å². The first-order valence-corrected chi connectivity index (χ1v) is 11.9. The SMILES string of the molecule is Cc1ccc(NC(=S)N/N=C\c2ccc(-c3ccc(S(=O)(=O)Nc4ncccn4)cc3)o2)cc1. The summed E-state index contributed by atoms with van der Waals surface area (Å²) >= 11 is 5.22.